The minimum absolute atomic E-state index is 0.0147. The standard InChI is InChI=1S/C24H31ClN2O2S/c1-5-22(24(29)26-17(2)3)27(16-19-8-6-7-9-21(19)25)23(28)14-15-30-20-12-10-18(4)11-13-20/h6-13,17,22H,5,14-16H2,1-4H3,(H,26,29)/t22-/m0/s1. The van der Waals surface area contributed by atoms with Crippen molar-refractivity contribution < 1.29 is 9.59 Å². The SMILES string of the molecule is CC[C@@H](C(=O)NC(C)C)N(Cc1ccccc1Cl)C(=O)CCSc1ccc(C)cc1. The zero-order valence-corrected chi connectivity index (χ0v) is 19.7. The summed E-state index contributed by atoms with van der Waals surface area (Å²) in [6.07, 6.45) is 0.897. The number of rotatable bonds is 10. The van der Waals surface area contributed by atoms with Crippen LogP contribution in [0.25, 0.3) is 0 Å². The molecule has 2 rings (SSSR count). The number of benzene rings is 2. The van der Waals surface area contributed by atoms with E-state index >= 15 is 0 Å². The fraction of sp³-hybridized carbons (Fsp3) is 0.417. The molecular formula is C24H31ClN2O2S. The quantitative estimate of drug-likeness (QED) is 0.493. The third-order valence-corrected chi connectivity index (χ3v) is 6.10. The molecular weight excluding hydrogens is 416 g/mol. The van der Waals surface area contributed by atoms with E-state index in [1.165, 1.54) is 5.56 Å². The molecule has 2 amide bonds. The smallest absolute Gasteiger partial charge is 0.243 e. The molecule has 0 aliphatic heterocycles. The Morgan fingerprint density at radius 2 is 1.77 bits per heavy atom. The normalized spacial score (nSPS) is 11.9. The molecule has 4 nitrogen and oxygen atoms in total. The largest absolute Gasteiger partial charge is 0.352 e. The van der Waals surface area contributed by atoms with Gasteiger partial charge < -0.3 is 10.2 Å². The molecule has 0 unspecified atom stereocenters. The van der Waals surface area contributed by atoms with Crippen molar-refractivity contribution in [3.63, 3.8) is 0 Å². The number of amides is 2. The number of halogens is 1. The van der Waals surface area contributed by atoms with Crippen LogP contribution >= 0.6 is 23.4 Å². The van der Waals surface area contributed by atoms with Crippen molar-refractivity contribution in [1.82, 2.24) is 10.2 Å². The van der Waals surface area contributed by atoms with Crippen molar-refractivity contribution >= 4 is 35.2 Å². The monoisotopic (exact) mass is 446 g/mol. The fourth-order valence-corrected chi connectivity index (χ4v) is 4.18. The Bertz CT molecular complexity index is 839. The number of nitrogens with one attached hydrogen (secondary N) is 1. The molecule has 162 valence electrons. The van der Waals surface area contributed by atoms with Crippen molar-refractivity contribution in [3.8, 4) is 0 Å². The van der Waals surface area contributed by atoms with Gasteiger partial charge in [0.2, 0.25) is 11.8 Å². The Hall–Kier alpha value is -1.98. The summed E-state index contributed by atoms with van der Waals surface area (Å²) in [5.74, 6) is 0.489. The summed E-state index contributed by atoms with van der Waals surface area (Å²) in [6.45, 7) is 8.14. The van der Waals surface area contributed by atoms with E-state index in [0.29, 0.717) is 30.2 Å². The van der Waals surface area contributed by atoms with Crippen molar-refractivity contribution in [2.45, 2.75) is 64.1 Å². The van der Waals surface area contributed by atoms with Crippen molar-refractivity contribution in [1.29, 1.82) is 0 Å². The lowest BCUT2D eigenvalue weighted by molar-refractivity contribution is -0.141. The van der Waals surface area contributed by atoms with Gasteiger partial charge in [-0.3, -0.25) is 9.59 Å². The summed E-state index contributed by atoms with van der Waals surface area (Å²) in [6, 6.07) is 15.2. The van der Waals surface area contributed by atoms with Crippen molar-refractivity contribution in [2.24, 2.45) is 0 Å². The van der Waals surface area contributed by atoms with E-state index in [4.69, 9.17) is 11.6 Å². The topological polar surface area (TPSA) is 49.4 Å². The second kappa shape index (κ2) is 12.0. The van der Waals surface area contributed by atoms with Crippen LogP contribution in [0.15, 0.2) is 53.4 Å². The predicted molar refractivity (Wildman–Crippen MR) is 126 cm³/mol. The van der Waals surface area contributed by atoms with Gasteiger partial charge in [0.05, 0.1) is 0 Å². The lowest BCUT2D eigenvalue weighted by atomic mass is 10.1. The highest BCUT2D eigenvalue weighted by Gasteiger charge is 2.29. The number of carbonyl (C=O) groups excluding carboxylic acids is 2. The van der Waals surface area contributed by atoms with Gasteiger partial charge in [0.15, 0.2) is 0 Å². The first-order valence-corrected chi connectivity index (χ1v) is 11.7. The van der Waals surface area contributed by atoms with Gasteiger partial charge in [-0.15, -0.1) is 11.8 Å². The molecule has 0 bridgehead atoms. The molecule has 0 saturated carbocycles. The Labute approximate surface area is 189 Å². The molecule has 0 aliphatic rings. The fourth-order valence-electron chi connectivity index (χ4n) is 3.14. The van der Waals surface area contributed by atoms with Gasteiger partial charge in [0.25, 0.3) is 0 Å². The highest BCUT2D eigenvalue weighted by molar-refractivity contribution is 7.99. The maximum atomic E-state index is 13.2. The molecule has 0 saturated heterocycles. The van der Waals surface area contributed by atoms with E-state index in [9.17, 15) is 9.59 Å². The Morgan fingerprint density at radius 3 is 2.37 bits per heavy atom. The van der Waals surface area contributed by atoms with Crippen molar-refractivity contribution in [2.75, 3.05) is 5.75 Å². The van der Waals surface area contributed by atoms with Crippen LogP contribution in [0.4, 0.5) is 0 Å². The maximum Gasteiger partial charge on any atom is 0.243 e. The second-order valence-corrected chi connectivity index (χ2v) is 9.19. The lowest BCUT2D eigenvalue weighted by Gasteiger charge is -2.31. The van der Waals surface area contributed by atoms with Gasteiger partial charge in [0.1, 0.15) is 6.04 Å². The van der Waals surface area contributed by atoms with E-state index in [-0.39, 0.29) is 17.9 Å². The first kappa shape index (κ1) is 24.3. The van der Waals surface area contributed by atoms with Gasteiger partial charge >= 0.3 is 0 Å². The van der Waals surface area contributed by atoms with Crippen LogP contribution in [0, 0.1) is 6.92 Å². The molecule has 0 radical (unpaired) electrons. The Balaban J connectivity index is 2.13. The Kier molecular flexibility index (Phi) is 9.73. The molecule has 0 aromatic heterocycles. The number of hydrogen-bond donors (Lipinski definition) is 1. The average Bonchev–Trinajstić information content (AvgIpc) is 2.70. The lowest BCUT2D eigenvalue weighted by Crippen LogP contribution is -2.50. The number of aryl methyl sites for hydroxylation is 1. The summed E-state index contributed by atoms with van der Waals surface area (Å²) in [5.41, 5.74) is 2.05. The van der Waals surface area contributed by atoms with Gasteiger partial charge in [0, 0.05) is 34.7 Å². The predicted octanol–water partition coefficient (Wildman–Crippen LogP) is 5.46. The molecule has 30 heavy (non-hydrogen) atoms. The van der Waals surface area contributed by atoms with E-state index < -0.39 is 6.04 Å². The number of nitrogens with zero attached hydrogens (tertiary/aromatic N) is 1. The first-order valence-electron chi connectivity index (χ1n) is 10.3. The number of thioether (sulfide) groups is 1. The first-order chi connectivity index (χ1) is 14.3. The van der Waals surface area contributed by atoms with Crippen LogP contribution < -0.4 is 5.32 Å². The minimum atomic E-state index is -0.527. The Morgan fingerprint density at radius 1 is 1.10 bits per heavy atom. The van der Waals surface area contributed by atoms with Crippen LogP contribution in [0.2, 0.25) is 5.02 Å². The maximum absolute atomic E-state index is 13.2. The van der Waals surface area contributed by atoms with Gasteiger partial charge in [-0.2, -0.15) is 0 Å². The van der Waals surface area contributed by atoms with Crippen LogP contribution in [-0.2, 0) is 16.1 Å². The zero-order valence-electron chi connectivity index (χ0n) is 18.2. The third kappa shape index (κ3) is 7.37. The summed E-state index contributed by atoms with van der Waals surface area (Å²) in [5, 5.41) is 3.55. The number of carbonyl (C=O) groups is 2. The molecule has 1 atom stereocenters. The van der Waals surface area contributed by atoms with Crippen LogP contribution in [-0.4, -0.2) is 34.6 Å². The van der Waals surface area contributed by atoms with E-state index in [2.05, 4.69) is 36.5 Å². The molecule has 6 heteroatoms. The molecule has 2 aromatic rings. The molecule has 2 aromatic carbocycles. The minimum Gasteiger partial charge on any atom is -0.352 e. The van der Waals surface area contributed by atoms with Gasteiger partial charge in [-0.05, 0) is 51.0 Å². The van der Waals surface area contributed by atoms with Gasteiger partial charge in [-0.1, -0.05) is 54.4 Å². The van der Waals surface area contributed by atoms with Crippen LogP contribution in [0.1, 0.15) is 44.7 Å². The second-order valence-electron chi connectivity index (χ2n) is 7.61. The molecule has 0 fully saturated rings. The third-order valence-electron chi connectivity index (χ3n) is 4.72. The zero-order chi connectivity index (χ0) is 22.1. The molecule has 0 heterocycles. The molecule has 0 spiro atoms. The average molecular weight is 447 g/mol. The van der Waals surface area contributed by atoms with E-state index in [1.54, 1.807) is 16.7 Å². The van der Waals surface area contributed by atoms with Crippen LogP contribution in [0.3, 0.4) is 0 Å². The highest BCUT2D eigenvalue weighted by atomic mass is 35.5. The van der Waals surface area contributed by atoms with E-state index in [0.717, 1.165) is 10.5 Å². The van der Waals surface area contributed by atoms with Crippen LogP contribution in [0.5, 0.6) is 0 Å². The summed E-state index contributed by atoms with van der Waals surface area (Å²) >= 11 is 7.99. The van der Waals surface area contributed by atoms with Crippen molar-refractivity contribution in [3.05, 3.63) is 64.7 Å². The molecule has 1 N–H and O–H groups in total. The highest BCUT2D eigenvalue weighted by Crippen LogP contribution is 2.23. The number of hydrogen-bond acceptors (Lipinski definition) is 3. The molecule has 0 aliphatic carbocycles. The summed E-state index contributed by atoms with van der Waals surface area (Å²) in [7, 11) is 0. The summed E-state index contributed by atoms with van der Waals surface area (Å²) in [4.78, 5) is 28.8. The van der Waals surface area contributed by atoms with E-state index in [1.807, 2.05) is 45.0 Å². The summed E-state index contributed by atoms with van der Waals surface area (Å²) < 4.78 is 0. The van der Waals surface area contributed by atoms with Gasteiger partial charge in [-0.25, -0.2) is 0 Å².